The number of hydrogen-bond acceptors (Lipinski definition) is 6. The Morgan fingerprint density at radius 1 is 1.17 bits per heavy atom. The van der Waals surface area contributed by atoms with Crippen molar-refractivity contribution < 1.29 is 14.6 Å². The quantitative estimate of drug-likeness (QED) is 0.554. The molecule has 0 aliphatic heterocycles. The molecule has 1 aliphatic carbocycles. The molecule has 2 aromatic rings. The molecule has 1 aromatic carbocycles. The van der Waals surface area contributed by atoms with E-state index in [1.54, 1.807) is 7.11 Å². The van der Waals surface area contributed by atoms with E-state index in [1.807, 2.05) is 25.2 Å². The SMILES string of the molecule is COc1cc(CN(C)Cc2cc(C3CC3)n[nH]2)ccc1OC[C@@H](O)CN(C)C(C)C. The fourth-order valence-electron chi connectivity index (χ4n) is 3.42. The summed E-state index contributed by atoms with van der Waals surface area (Å²) < 4.78 is 11.4. The lowest BCUT2D eigenvalue weighted by Crippen LogP contribution is -2.36. The van der Waals surface area contributed by atoms with Gasteiger partial charge in [-0.1, -0.05) is 6.07 Å². The fraction of sp³-hybridized carbons (Fsp3) is 0.609. The fourth-order valence-corrected chi connectivity index (χ4v) is 3.42. The number of H-pyrrole nitrogens is 1. The van der Waals surface area contributed by atoms with E-state index < -0.39 is 6.10 Å². The van der Waals surface area contributed by atoms with Crippen LogP contribution in [-0.4, -0.2) is 71.6 Å². The lowest BCUT2D eigenvalue weighted by Gasteiger charge is -2.24. The van der Waals surface area contributed by atoms with Gasteiger partial charge in [0.15, 0.2) is 11.5 Å². The van der Waals surface area contributed by atoms with Crippen molar-refractivity contribution in [1.29, 1.82) is 0 Å². The van der Waals surface area contributed by atoms with E-state index >= 15 is 0 Å². The summed E-state index contributed by atoms with van der Waals surface area (Å²) in [6.45, 7) is 6.61. The minimum atomic E-state index is -0.553. The van der Waals surface area contributed by atoms with Crippen molar-refractivity contribution in [2.75, 3.05) is 34.4 Å². The molecule has 1 saturated carbocycles. The van der Waals surface area contributed by atoms with Gasteiger partial charge in [-0.2, -0.15) is 5.10 Å². The number of ether oxygens (including phenoxy) is 2. The molecule has 1 atom stereocenters. The first-order chi connectivity index (χ1) is 14.4. The smallest absolute Gasteiger partial charge is 0.161 e. The molecule has 1 aromatic heterocycles. The summed E-state index contributed by atoms with van der Waals surface area (Å²) in [4.78, 5) is 4.34. The van der Waals surface area contributed by atoms with Crippen LogP contribution in [-0.2, 0) is 13.1 Å². The normalized spacial score (nSPS) is 15.2. The topological polar surface area (TPSA) is 73.8 Å². The summed E-state index contributed by atoms with van der Waals surface area (Å²) in [7, 11) is 5.73. The zero-order valence-corrected chi connectivity index (χ0v) is 18.9. The van der Waals surface area contributed by atoms with E-state index in [4.69, 9.17) is 9.47 Å². The first-order valence-electron chi connectivity index (χ1n) is 10.8. The van der Waals surface area contributed by atoms with Crippen molar-refractivity contribution in [3.63, 3.8) is 0 Å². The molecule has 3 rings (SSSR count). The zero-order valence-electron chi connectivity index (χ0n) is 18.9. The Bertz CT molecular complexity index is 803. The third kappa shape index (κ3) is 6.45. The van der Waals surface area contributed by atoms with E-state index in [9.17, 15) is 5.11 Å². The minimum Gasteiger partial charge on any atom is -0.493 e. The standard InChI is InChI=1S/C23H36N4O3/c1-16(2)27(4)14-20(28)15-30-22-9-6-17(10-23(22)29-5)12-26(3)13-19-11-21(25-24-19)18-7-8-18/h6,9-11,16,18,20,28H,7-8,12-15H2,1-5H3,(H,24,25)/t20-/m0/s1. The summed E-state index contributed by atoms with van der Waals surface area (Å²) in [6.07, 6.45) is 1.97. The monoisotopic (exact) mass is 416 g/mol. The largest absolute Gasteiger partial charge is 0.493 e. The Kier molecular flexibility index (Phi) is 7.75. The van der Waals surface area contributed by atoms with Gasteiger partial charge in [-0.25, -0.2) is 0 Å². The second-order valence-electron chi connectivity index (χ2n) is 8.75. The predicted octanol–water partition coefficient (Wildman–Crippen LogP) is 3.01. The lowest BCUT2D eigenvalue weighted by molar-refractivity contribution is 0.0668. The Morgan fingerprint density at radius 2 is 1.93 bits per heavy atom. The van der Waals surface area contributed by atoms with Crippen LogP contribution >= 0.6 is 0 Å². The molecule has 1 aliphatic rings. The van der Waals surface area contributed by atoms with Crippen molar-refractivity contribution >= 4 is 0 Å². The van der Waals surface area contributed by atoms with E-state index in [-0.39, 0.29) is 6.61 Å². The van der Waals surface area contributed by atoms with Crippen LogP contribution in [0, 0.1) is 0 Å². The van der Waals surface area contributed by atoms with E-state index in [0.717, 1.165) is 24.3 Å². The van der Waals surface area contributed by atoms with Crippen LogP contribution in [0.4, 0.5) is 0 Å². The number of aromatic nitrogens is 2. The number of nitrogens with one attached hydrogen (secondary N) is 1. The Hall–Kier alpha value is -2.09. The summed E-state index contributed by atoms with van der Waals surface area (Å²) in [6, 6.07) is 8.54. The Labute approximate surface area is 180 Å². The molecule has 0 bridgehead atoms. The highest BCUT2D eigenvalue weighted by Gasteiger charge is 2.26. The Morgan fingerprint density at radius 3 is 2.60 bits per heavy atom. The number of likely N-dealkylation sites (N-methyl/N-ethyl adjacent to an activating group) is 1. The molecular weight excluding hydrogens is 380 g/mol. The van der Waals surface area contributed by atoms with E-state index in [2.05, 4.69) is 47.0 Å². The van der Waals surface area contributed by atoms with E-state index in [1.165, 1.54) is 18.5 Å². The highest BCUT2D eigenvalue weighted by Crippen LogP contribution is 2.39. The molecule has 7 nitrogen and oxygen atoms in total. The summed E-state index contributed by atoms with van der Waals surface area (Å²) >= 11 is 0. The van der Waals surface area contributed by atoms with Crippen molar-refractivity contribution in [2.45, 2.75) is 57.8 Å². The molecule has 1 heterocycles. The van der Waals surface area contributed by atoms with Crippen LogP contribution in [0.5, 0.6) is 11.5 Å². The molecule has 2 N–H and O–H groups in total. The predicted molar refractivity (Wildman–Crippen MR) is 118 cm³/mol. The van der Waals surface area contributed by atoms with Crippen LogP contribution < -0.4 is 9.47 Å². The number of aliphatic hydroxyl groups is 1. The van der Waals surface area contributed by atoms with E-state index in [0.29, 0.717) is 30.0 Å². The molecule has 166 valence electrons. The second-order valence-corrected chi connectivity index (χ2v) is 8.75. The molecule has 7 heteroatoms. The van der Waals surface area contributed by atoms with Gasteiger partial charge < -0.3 is 19.5 Å². The minimum absolute atomic E-state index is 0.232. The van der Waals surface area contributed by atoms with Crippen LogP contribution in [0.25, 0.3) is 0 Å². The number of methoxy groups -OCH3 is 1. The van der Waals surface area contributed by atoms with Crippen LogP contribution in [0.3, 0.4) is 0 Å². The zero-order chi connectivity index (χ0) is 21.7. The van der Waals surface area contributed by atoms with Crippen molar-refractivity contribution in [2.24, 2.45) is 0 Å². The molecule has 0 radical (unpaired) electrons. The van der Waals surface area contributed by atoms with Gasteiger partial charge >= 0.3 is 0 Å². The number of aliphatic hydroxyl groups excluding tert-OH is 1. The van der Waals surface area contributed by atoms with Crippen molar-refractivity contribution in [3.8, 4) is 11.5 Å². The van der Waals surface area contributed by atoms with Gasteiger partial charge in [0.25, 0.3) is 0 Å². The summed E-state index contributed by atoms with van der Waals surface area (Å²) in [5, 5.41) is 17.8. The third-order valence-corrected chi connectivity index (χ3v) is 5.58. The maximum atomic E-state index is 10.2. The van der Waals surface area contributed by atoms with Crippen molar-refractivity contribution in [1.82, 2.24) is 20.0 Å². The average molecular weight is 417 g/mol. The number of benzene rings is 1. The first-order valence-corrected chi connectivity index (χ1v) is 10.8. The molecule has 0 spiro atoms. The van der Waals surface area contributed by atoms with Gasteiger partial charge in [-0.15, -0.1) is 0 Å². The van der Waals surface area contributed by atoms with Crippen LogP contribution in [0.15, 0.2) is 24.3 Å². The summed E-state index contributed by atoms with van der Waals surface area (Å²) in [5.74, 6) is 2.00. The number of rotatable bonds is 12. The molecule has 1 fully saturated rings. The molecule has 0 saturated heterocycles. The van der Waals surface area contributed by atoms with Gasteiger partial charge in [0.05, 0.1) is 12.8 Å². The summed E-state index contributed by atoms with van der Waals surface area (Å²) in [5.41, 5.74) is 3.48. The maximum Gasteiger partial charge on any atom is 0.161 e. The van der Waals surface area contributed by atoms with Crippen LogP contribution in [0.2, 0.25) is 0 Å². The van der Waals surface area contributed by atoms with Crippen LogP contribution in [0.1, 0.15) is 49.6 Å². The van der Waals surface area contributed by atoms with Gasteiger partial charge in [0, 0.05) is 37.3 Å². The molecular formula is C23H36N4O3. The van der Waals surface area contributed by atoms with Gasteiger partial charge in [0.2, 0.25) is 0 Å². The molecule has 0 amide bonds. The number of aromatic amines is 1. The Balaban J connectivity index is 1.52. The number of hydrogen-bond donors (Lipinski definition) is 2. The highest BCUT2D eigenvalue weighted by molar-refractivity contribution is 5.43. The van der Waals surface area contributed by atoms with Gasteiger partial charge in [0.1, 0.15) is 12.7 Å². The van der Waals surface area contributed by atoms with Gasteiger partial charge in [-0.3, -0.25) is 10.00 Å². The van der Waals surface area contributed by atoms with Gasteiger partial charge in [-0.05, 0) is 64.5 Å². The number of nitrogens with zero attached hydrogens (tertiary/aromatic N) is 3. The second kappa shape index (κ2) is 10.3. The molecule has 0 unspecified atom stereocenters. The third-order valence-electron chi connectivity index (χ3n) is 5.58. The van der Waals surface area contributed by atoms with Crippen molar-refractivity contribution in [3.05, 3.63) is 41.2 Å². The average Bonchev–Trinajstić information content (AvgIpc) is 3.46. The molecule has 30 heavy (non-hydrogen) atoms. The highest BCUT2D eigenvalue weighted by atomic mass is 16.5. The maximum absolute atomic E-state index is 10.2. The lowest BCUT2D eigenvalue weighted by atomic mass is 10.2. The first kappa shape index (κ1) is 22.6.